The van der Waals surface area contributed by atoms with Crippen molar-refractivity contribution in [2.75, 3.05) is 36.6 Å². The summed E-state index contributed by atoms with van der Waals surface area (Å²) in [6, 6.07) is 16.3. The lowest BCUT2D eigenvalue weighted by atomic mass is 9.94. The monoisotopic (exact) mass is 680 g/mol. The van der Waals surface area contributed by atoms with E-state index in [4.69, 9.17) is 4.74 Å². The van der Waals surface area contributed by atoms with Crippen molar-refractivity contribution >= 4 is 23.2 Å². The van der Waals surface area contributed by atoms with Crippen molar-refractivity contribution < 1.29 is 24.5 Å². The van der Waals surface area contributed by atoms with E-state index < -0.39 is 5.91 Å². The Morgan fingerprint density at radius 1 is 0.960 bits per heavy atom. The third-order valence-corrected chi connectivity index (χ3v) is 9.69. The minimum Gasteiger partial charge on any atom is -0.508 e. The van der Waals surface area contributed by atoms with Crippen LogP contribution in [0.15, 0.2) is 59.4 Å². The first-order chi connectivity index (χ1) is 23.8. The van der Waals surface area contributed by atoms with E-state index >= 15 is 0 Å². The lowest BCUT2D eigenvalue weighted by Gasteiger charge is -2.37. The average molecular weight is 681 g/mol. The van der Waals surface area contributed by atoms with Crippen LogP contribution in [0.4, 0.5) is 11.4 Å². The first-order valence-electron chi connectivity index (χ1n) is 17.2. The number of H-pyrrole nitrogens is 1. The van der Waals surface area contributed by atoms with Crippen LogP contribution < -0.4 is 20.7 Å². The first-order valence-corrected chi connectivity index (χ1v) is 17.2. The summed E-state index contributed by atoms with van der Waals surface area (Å²) in [6.07, 6.45) is 1.75. The number of nitrogens with one attached hydrogen (secondary N) is 2. The van der Waals surface area contributed by atoms with Crippen LogP contribution in [-0.2, 0) is 11.3 Å². The summed E-state index contributed by atoms with van der Waals surface area (Å²) in [7, 11) is 1.64. The number of benzene rings is 3. The summed E-state index contributed by atoms with van der Waals surface area (Å²) in [5.74, 6) is -1.13. The Balaban J connectivity index is 1.54. The molecule has 10 heteroatoms. The van der Waals surface area contributed by atoms with Crippen molar-refractivity contribution in [3.63, 3.8) is 0 Å². The van der Waals surface area contributed by atoms with E-state index in [1.54, 1.807) is 7.05 Å². The summed E-state index contributed by atoms with van der Waals surface area (Å²) in [4.78, 5) is 47.0. The van der Waals surface area contributed by atoms with Crippen molar-refractivity contribution in [1.82, 2.24) is 10.3 Å². The predicted octanol–water partition coefficient (Wildman–Crippen LogP) is 6.71. The van der Waals surface area contributed by atoms with Gasteiger partial charge in [0.15, 0.2) is 0 Å². The van der Waals surface area contributed by atoms with Crippen LogP contribution >= 0.6 is 0 Å². The number of aromatic amines is 1. The van der Waals surface area contributed by atoms with E-state index in [0.717, 1.165) is 53.0 Å². The normalized spacial score (nSPS) is 13.4. The molecule has 0 radical (unpaired) electrons. The Labute approximate surface area is 293 Å². The van der Waals surface area contributed by atoms with Gasteiger partial charge in [0, 0.05) is 73.7 Å². The minimum atomic E-state index is -0.427. The topological polar surface area (TPSA) is 135 Å². The molecule has 0 spiro atoms. The zero-order valence-corrected chi connectivity index (χ0v) is 30.0. The standard InChI is InChI=1S/C40H48N4O6/c1-8-44(29-12-14-50-15-13-29)35-19-28(18-32(26(35)6)38(47)41-22-34-24(4)16-25(5)42-39(34)48)27-10-9-11-30(17-27)43(7)40(49)33-20-31(23(2)3)36(45)21-37(33)46/h9-11,16-21,23,29,45-46H,8,12-15,22H2,1-7H3,(H,41,47)(H,42,48). The largest absolute Gasteiger partial charge is 0.508 e. The van der Waals surface area contributed by atoms with Crippen molar-refractivity contribution in [1.29, 1.82) is 0 Å². The van der Waals surface area contributed by atoms with Gasteiger partial charge < -0.3 is 35.1 Å². The Bertz CT molecular complexity index is 1960. The van der Waals surface area contributed by atoms with Gasteiger partial charge >= 0.3 is 0 Å². The highest BCUT2D eigenvalue weighted by Crippen LogP contribution is 2.36. The van der Waals surface area contributed by atoms with Crippen LogP contribution in [0, 0.1) is 20.8 Å². The maximum absolute atomic E-state index is 13.9. The van der Waals surface area contributed by atoms with Crippen molar-refractivity contribution in [2.24, 2.45) is 0 Å². The number of phenols is 2. The average Bonchev–Trinajstić information content (AvgIpc) is 3.08. The number of ether oxygens (including phenoxy) is 1. The molecule has 0 saturated carbocycles. The highest BCUT2D eigenvalue weighted by atomic mass is 16.5. The molecule has 0 atom stereocenters. The Morgan fingerprint density at radius 3 is 2.34 bits per heavy atom. The molecule has 0 bridgehead atoms. The Hall–Kier alpha value is -5.09. The molecule has 2 amide bonds. The summed E-state index contributed by atoms with van der Waals surface area (Å²) < 4.78 is 5.66. The van der Waals surface area contributed by atoms with Gasteiger partial charge in [0.25, 0.3) is 17.4 Å². The molecule has 1 aliphatic heterocycles. The fraction of sp³-hybridized carbons (Fsp3) is 0.375. The molecule has 10 nitrogen and oxygen atoms in total. The molecule has 264 valence electrons. The molecule has 0 aliphatic carbocycles. The number of carbonyl (C=O) groups is 2. The fourth-order valence-corrected chi connectivity index (χ4v) is 6.81. The van der Waals surface area contributed by atoms with Gasteiger partial charge in [0.05, 0.1) is 5.56 Å². The van der Waals surface area contributed by atoms with Crippen molar-refractivity contribution in [2.45, 2.75) is 72.9 Å². The number of hydrogen-bond acceptors (Lipinski definition) is 7. The van der Waals surface area contributed by atoms with Gasteiger partial charge in [-0.3, -0.25) is 14.4 Å². The zero-order chi connectivity index (χ0) is 36.3. The summed E-state index contributed by atoms with van der Waals surface area (Å²) >= 11 is 0. The number of amides is 2. The van der Waals surface area contributed by atoms with Gasteiger partial charge in [-0.05, 0) is 111 Å². The smallest absolute Gasteiger partial charge is 0.261 e. The van der Waals surface area contributed by atoms with Crippen LogP contribution in [0.5, 0.6) is 11.5 Å². The van der Waals surface area contributed by atoms with Gasteiger partial charge in [0.2, 0.25) is 0 Å². The van der Waals surface area contributed by atoms with E-state index in [1.165, 1.54) is 17.0 Å². The third kappa shape index (κ3) is 7.55. The van der Waals surface area contributed by atoms with E-state index in [0.29, 0.717) is 35.6 Å². The van der Waals surface area contributed by atoms with Gasteiger partial charge in [-0.25, -0.2) is 0 Å². The Morgan fingerprint density at radius 2 is 1.68 bits per heavy atom. The minimum absolute atomic E-state index is 0.0525. The van der Waals surface area contributed by atoms with Crippen molar-refractivity contribution in [3.8, 4) is 22.6 Å². The SMILES string of the molecule is CCN(c1cc(-c2cccc(N(C)C(=O)c3cc(C(C)C)c(O)cc3O)c2)cc(C(=O)NCc2c(C)cc(C)[nH]c2=O)c1C)C1CCOCC1. The molecule has 1 aromatic heterocycles. The maximum atomic E-state index is 13.9. The maximum Gasteiger partial charge on any atom is 0.261 e. The highest BCUT2D eigenvalue weighted by molar-refractivity contribution is 6.08. The molecule has 0 unspecified atom stereocenters. The number of aryl methyl sites for hydroxylation is 2. The number of nitrogens with zero attached hydrogens (tertiary/aromatic N) is 2. The summed E-state index contributed by atoms with van der Waals surface area (Å²) in [5, 5.41) is 23.9. The second kappa shape index (κ2) is 15.2. The second-order valence-corrected chi connectivity index (χ2v) is 13.4. The predicted molar refractivity (Wildman–Crippen MR) is 198 cm³/mol. The van der Waals surface area contributed by atoms with E-state index in [1.807, 2.05) is 71.0 Å². The quantitative estimate of drug-likeness (QED) is 0.146. The zero-order valence-electron chi connectivity index (χ0n) is 30.0. The van der Waals surface area contributed by atoms with E-state index in [9.17, 15) is 24.6 Å². The fourth-order valence-electron chi connectivity index (χ4n) is 6.81. The van der Waals surface area contributed by atoms with Crippen LogP contribution in [0.25, 0.3) is 11.1 Å². The lowest BCUT2D eigenvalue weighted by molar-refractivity contribution is 0.0845. The number of hydrogen-bond donors (Lipinski definition) is 4. The van der Waals surface area contributed by atoms with Gasteiger partial charge in [-0.2, -0.15) is 0 Å². The molecule has 4 N–H and O–H groups in total. The molecule has 1 fully saturated rings. The molecular weight excluding hydrogens is 632 g/mol. The molecule has 3 aromatic carbocycles. The van der Waals surface area contributed by atoms with Gasteiger partial charge in [-0.15, -0.1) is 0 Å². The Kier molecular flexibility index (Phi) is 11.0. The number of rotatable bonds is 10. The number of carbonyl (C=O) groups excluding carboxylic acids is 2. The van der Waals surface area contributed by atoms with Crippen molar-refractivity contribution in [3.05, 3.63) is 104 Å². The van der Waals surface area contributed by atoms with E-state index in [-0.39, 0.29) is 47.0 Å². The molecular formula is C40H48N4O6. The number of anilines is 2. The van der Waals surface area contributed by atoms with Crippen LogP contribution in [-0.4, -0.2) is 59.9 Å². The molecule has 50 heavy (non-hydrogen) atoms. The molecule has 4 aromatic rings. The highest BCUT2D eigenvalue weighted by Gasteiger charge is 2.26. The van der Waals surface area contributed by atoms with E-state index in [2.05, 4.69) is 28.2 Å². The van der Waals surface area contributed by atoms with Gasteiger partial charge in [0.1, 0.15) is 11.5 Å². The summed E-state index contributed by atoms with van der Waals surface area (Å²) in [6.45, 7) is 13.7. The van der Waals surface area contributed by atoms with Crippen LogP contribution in [0.1, 0.15) is 88.2 Å². The van der Waals surface area contributed by atoms with Crippen LogP contribution in [0.2, 0.25) is 0 Å². The molecule has 1 aliphatic rings. The molecule has 2 heterocycles. The number of aromatic hydroxyl groups is 2. The number of pyridine rings is 1. The first kappa shape index (κ1) is 36.2. The lowest BCUT2D eigenvalue weighted by Crippen LogP contribution is -2.40. The summed E-state index contributed by atoms with van der Waals surface area (Å²) in [5.41, 5.74) is 6.97. The van der Waals surface area contributed by atoms with Crippen LogP contribution in [0.3, 0.4) is 0 Å². The van der Waals surface area contributed by atoms with Gasteiger partial charge in [-0.1, -0.05) is 26.0 Å². The second-order valence-electron chi connectivity index (χ2n) is 13.4. The molecule has 1 saturated heterocycles. The number of aromatic nitrogens is 1. The number of phenolic OH excluding ortho intramolecular Hbond substituents is 2. The molecule has 5 rings (SSSR count). The third-order valence-electron chi connectivity index (χ3n) is 9.69.